The second-order valence-electron chi connectivity index (χ2n) is 10.4. The maximum Gasteiger partial charge on any atom is 0.228 e. The minimum atomic E-state index is 0.297. The highest BCUT2D eigenvalue weighted by Gasteiger charge is 2.28. The lowest BCUT2D eigenvalue weighted by molar-refractivity contribution is -0.120. The number of carbonyl (C=O) groups excluding carboxylic acids is 1. The van der Waals surface area contributed by atoms with Crippen LogP contribution in [-0.2, 0) is 11.2 Å². The molecule has 38 heavy (non-hydrogen) atoms. The largest absolute Gasteiger partial charge is 0.437 e. The molecule has 0 radical (unpaired) electrons. The second-order valence-corrected chi connectivity index (χ2v) is 10.4. The molecule has 1 saturated heterocycles. The monoisotopic (exact) mass is 507 g/mol. The topological polar surface area (TPSA) is 89.0 Å². The van der Waals surface area contributed by atoms with Gasteiger partial charge in [-0.05, 0) is 80.3 Å². The molecule has 4 aromatic rings. The van der Waals surface area contributed by atoms with Crippen molar-refractivity contribution in [3.05, 3.63) is 72.1 Å². The SMILES string of the molecule is Cc1ccc2c(CCC(=O)C3CC3)cccc2c1Oc1ncccc1-c1ccnc(N[C@H]2CCCNC2)n1. The molecule has 2 fully saturated rings. The highest BCUT2D eigenvalue weighted by molar-refractivity contribution is 5.93. The van der Waals surface area contributed by atoms with Gasteiger partial charge in [0.2, 0.25) is 11.8 Å². The maximum atomic E-state index is 12.3. The van der Waals surface area contributed by atoms with Crippen LogP contribution in [-0.4, -0.2) is 39.9 Å². The molecule has 0 amide bonds. The van der Waals surface area contributed by atoms with Gasteiger partial charge in [-0.3, -0.25) is 4.79 Å². The third-order valence-electron chi connectivity index (χ3n) is 7.50. The van der Waals surface area contributed by atoms with Crippen LogP contribution in [0.15, 0.2) is 60.9 Å². The first-order valence-electron chi connectivity index (χ1n) is 13.6. The molecule has 2 aliphatic rings. The van der Waals surface area contributed by atoms with Crippen molar-refractivity contribution in [2.24, 2.45) is 5.92 Å². The summed E-state index contributed by atoms with van der Waals surface area (Å²) in [6.45, 7) is 4.01. The number of hydrogen-bond acceptors (Lipinski definition) is 7. The third kappa shape index (κ3) is 5.38. The van der Waals surface area contributed by atoms with Crippen molar-refractivity contribution in [3.8, 4) is 22.9 Å². The number of pyridine rings is 1. The van der Waals surface area contributed by atoms with Gasteiger partial charge in [0.1, 0.15) is 11.5 Å². The van der Waals surface area contributed by atoms with Crippen LogP contribution >= 0.6 is 0 Å². The second kappa shape index (κ2) is 10.9. The van der Waals surface area contributed by atoms with Crippen molar-refractivity contribution in [1.82, 2.24) is 20.3 Å². The predicted octanol–water partition coefficient (Wildman–Crippen LogP) is 5.87. The van der Waals surface area contributed by atoms with Crippen LogP contribution in [0.3, 0.4) is 0 Å². The van der Waals surface area contributed by atoms with Crippen LogP contribution in [0.25, 0.3) is 22.0 Å². The third-order valence-corrected chi connectivity index (χ3v) is 7.50. The van der Waals surface area contributed by atoms with Crippen molar-refractivity contribution in [3.63, 3.8) is 0 Å². The zero-order valence-electron chi connectivity index (χ0n) is 21.7. The van der Waals surface area contributed by atoms with E-state index in [1.807, 2.05) is 31.2 Å². The van der Waals surface area contributed by atoms with E-state index in [0.717, 1.165) is 78.5 Å². The van der Waals surface area contributed by atoms with Crippen LogP contribution in [0.5, 0.6) is 11.6 Å². The van der Waals surface area contributed by atoms with Crippen molar-refractivity contribution in [2.45, 2.75) is 51.5 Å². The first-order valence-corrected chi connectivity index (χ1v) is 13.6. The Kier molecular flexibility index (Phi) is 7.01. The number of hydrogen-bond donors (Lipinski definition) is 2. The van der Waals surface area contributed by atoms with Gasteiger partial charge in [0.25, 0.3) is 0 Å². The number of aryl methyl sites for hydroxylation is 2. The first kappa shape index (κ1) is 24.5. The zero-order chi connectivity index (χ0) is 25.9. The number of Topliss-reactive ketones (excluding diaryl/α,β-unsaturated/α-hetero) is 1. The molecule has 7 nitrogen and oxygen atoms in total. The van der Waals surface area contributed by atoms with Crippen molar-refractivity contribution >= 4 is 22.5 Å². The van der Waals surface area contributed by atoms with Gasteiger partial charge in [0, 0.05) is 42.7 Å². The van der Waals surface area contributed by atoms with Gasteiger partial charge in [-0.1, -0.05) is 30.3 Å². The molecule has 1 atom stereocenters. The average molecular weight is 508 g/mol. The molecule has 1 saturated carbocycles. The summed E-state index contributed by atoms with van der Waals surface area (Å²) in [5.41, 5.74) is 3.76. The molecule has 194 valence electrons. The summed E-state index contributed by atoms with van der Waals surface area (Å²) >= 11 is 0. The Balaban J connectivity index is 1.29. The molecule has 0 bridgehead atoms. The van der Waals surface area contributed by atoms with Crippen LogP contribution in [0.4, 0.5) is 5.95 Å². The number of ether oxygens (including phenoxy) is 1. The number of anilines is 1. The van der Waals surface area contributed by atoms with E-state index in [-0.39, 0.29) is 0 Å². The van der Waals surface area contributed by atoms with E-state index >= 15 is 0 Å². The van der Waals surface area contributed by atoms with E-state index in [4.69, 9.17) is 9.72 Å². The van der Waals surface area contributed by atoms with Crippen LogP contribution in [0, 0.1) is 12.8 Å². The zero-order valence-corrected chi connectivity index (χ0v) is 21.7. The molecule has 1 aliphatic heterocycles. The highest BCUT2D eigenvalue weighted by Crippen LogP contribution is 2.38. The van der Waals surface area contributed by atoms with Crippen molar-refractivity contribution in [1.29, 1.82) is 0 Å². The minimum absolute atomic E-state index is 0.297. The van der Waals surface area contributed by atoms with Crippen molar-refractivity contribution in [2.75, 3.05) is 18.4 Å². The van der Waals surface area contributed by atoms with Gasteiger partial charge < -0.3 is 15.4 Å². The Labute approximate surface area is 223 Å². The Hall–Kier alpha value is -3.84. The molecular weight excluding hydrogens is 474 g/mol. The molecule has 0 unspecified atom stereocenters. The summed E-state index contributed by atoms with van der Waals surface area (Å²) in [4.78, 5) is 26.2. The number of benzene rings is 2. The van der Waals surface area contributed by atoms with E-state index in [9.17, 15) is 4.79 Å². The van der Waals surface area contributed by atoms with Gasteiger partial charge in [-0.2, -0.15) is 0 Å². The van der Waals surface area contributed by atoms with E-state index in [2.05, 4.69) is 44.9 Å². The van der Waals surface area contributed by atoms with Crippen LogP contribution < -0.4 is 15.4 Å². The molecule has 6 rings (SSSR count). The van der Waals surface area contributed by atoms with Gasteiger partial charge in [-0.15, -0.1) is 0 Å². The number of rotatable bonds is 9. The fraction of sp³-hybridized carbons (Fsp3) is 0.355. The van der Waals surface area contributed by atoms with E-state index in [1.165, 1.54) is 5.56 Å². The smallest absolute Gasteiger partial charge is 0.228 e. The Morgan fingerprint density at radius 3 is 2.79 bits per heavy atom. The molecule has 0 spiro atoms. The molecule has 2 aromatic carbocycles. The number of carbonyl (C=O) groups is 1. The van der Waals surface area contributed by atoms with Crippen molar-refractivity contribution < 1.29 is 9.53 Å². The number of ketones is 1. The normalized spacial score (nSPS) is 17.3. The molecule has 2 aromatic heterocycles. The summed E-state index contributed by atoms with van der Waals surface area (Å²) in [7, 11) is 0. The number of fused-ring (bicyclic) bond motifs is 1. The first-order chi connectivity index (χ1) is 18.7. The van der Waals surface area contributed by atoms with E-state index in [1.54, 1.807) is 12.4 Å². The van der Waals surface area contributed by atoms with E-state index in [0.29, 0.717) is 36.0 Å². The van der Waals surface area contributed by atoms with Gasteiger partial charge in [0.05, 0.1) is 11.3 Å². The van der Waals surface area contributed by atoms with Crippen LogP contribution in [0.2, 0.25) is 0 Å². The molecule has 2 N–H and O–H groups in total. The number of aromatic nitrogens is 3. The summed E-state index contributed by atoms with van der Waals surface area (Å²) in [6.07, 6.45) is 9.20. The lowest BCUT2D eigenvalue weighted by Crippen LogP contribution is -2.38. The predicted molar refractivity (Wildman–Crippen MR) is 150 cm³/mol. The van der Waals surface area contributed by atoms with Crippen LogP contribution in [0.1, 0.15) is 43.2 Å². The number of nitrogens with one attached hydrogen (secondary N) is 2. The number of piperidine rings is 1. The summed E-state index contributed by atoms with van der Waals surface area (Å²) in [5.74, 6) is 2.57. The Morgan fingerprint density at radius 1 is 1.03 bits per heavy atom. The van der Waals surface area contributed by atoms with Gasteiger partial charge in [0.15, 0.2) is 0 Å². The number of nitrogens with zero attached hydrogens (tertiary/aromatic N) is 3. The summed E-state index contributed by atoms with van der Waals surface area (Å²) < 4.78 is 6.56. The average Bonchev–Trinajstić information content (AvgIpc) is 3.80. The summed E-state index contributed by atoms with van der Waals surface area (Å²) in [5, 5.41) is 9.01. The molecule has 3 heterocycles. The lowest BCUT2D eigenvalue weighted by Gasteiger charge is -2.23. The standard InChI is InChI=1S/C31H33N5O2/c1-20-9-13-24-21(12-14-28(37)22-10-11-22)5-2-7-25(24)29(20)38-30-26(8-4-17-33-30)27-15-18-34-31(36-27)35-23-6-3-16-32-19-23/h2,4-5,7-9,13,15,17-18,22-23,32H,3,6,10-12,14,16,19H2,1H3,(H,34,35,36)/t23-/m0/s1. The molecule has 1 aliphatic carbocycles. The van der Waals surface area contributed by atoms with Gasteiger partial charge >= 0.3 is 0 Å². The summed E-state index contributed by atoms with van der Waals surface area (Å²) in [6, 6.07) is 16.5. The molecular formula is C31H33N5O2. The Bertz CT molecular complexity index is 1460. The van der Waals surface area contributed by atoms with E-state index < -0.39 is 0 Å². The maximum absolute atomic E-state index is 12.3. The Morgan fingerprint density at radius 2 is 1.95 bits per heavy atom. The quantitative estimate of drug-likeness (QED) is 0.293. The highest BCUT2D eigenvalue weighted by atomic mass is 16.5. The fourth-order valence-corrected chi connectivity index (χ4v) is 5.22. The lowest BCUT2D eigenvalue weighted by atomic mass is 9.97. The fourth-order valence-electron chi connectivity index (χ4n) is 5.22. The minimum Gasteiger partial charge on any atom is -0.437 e. The van der Waals surface area contributed by atoms with Gasteiger partial charge in [-0.25, -0.2) is 15.0 Å². The molecule has 7 heteroatoms.